The highest BCUT2D eigenvalue weighted by molar-refractivity contribution is 5.84. The predicted molar refractivity (Wildman–Crippen MR) is 139 cm³/mol. The summed E-state index contributed by atoms with van der Waals surface area (Å²) in [5.74, 6) is -4.26. The molecule has 4 aromatic carbocycles. The molecule has 0 amide bonds. The summed E-state index contributed by atoms with van der Waals surface area (Å²) in [5, 5.41) is 1.36. The van der Waals surface area contributed by atoms with Crippen LogP contribution in [-0.4, -0.2) is 0 Å². The molecule has 0 saturated carbocycles. The van der Waals surface area contributed by atoms with Gasteiger partial charge in [0.2, 0.25) is 0 Å². The van der Waals surface area contributed by atoms with Gasteiger partial charge in [0.05, 0.1) is 0 Å². The number of unbranched alkanes of at least 4 members (excludes halogenated alkanes) is 3. The predicted octanol–water partition coefficient (Wildman–Crippen LogP) is 9.09. The Hall–Kier alpha value is -3.14. The van der Waals surface area contributed by atoms with Crippen molar-refractivity contribution in [3.05, 3.63) is 118 Å². The molecule has 4 heteroatoms. The molecule has 0 bridgehead atoms. The fourth-order valence-electron chi connectivity index (χ4n) is 4.68. The van der Waals surface area contributed by atoms with Crippen molar-refractivity contribution in [1.82, 2.24) is 0 Å². The quantitative estimate of drug-likeness (QED) is 0.111. The van der Waals surface area contributed by atoms with Crippen molar-refractivity contribution in [3.63, 3.8) is 0 Å². The van der Waals surface area contributed by atoms with E-state index in [2.05, 4.69) is 31.2 Å². The fourth-order valence-corrected chi connectivity index (χ4v) is 4.68. The molecule has 0 aliphatic rings. The summed E-state index contributed by atoms with van der Waals surface area (Å²) >= 11 is 0. The molecule has 0 heterocycles. The van der Waals surface area contributed by atoms with E-state index in [0.29, 0.717) is 16.5 Å². The van der Waals surface area contributed by atoms with E-state index in [1.54, 1.807) is 12.1 Å². The van der Waals surface area contributed by atoms with Gasteiger partial charge in [0, 0.05) is 5.39 Å². The average molecular weight is 493 g/mol. The van der Waals surface area contributed by atoms with Crippen LogP contribution in [0.2, 0.25) is 0 Å². The van der Waals surface area contributed by atoms with Crippen LogP contribution in [0.15, 0.2) is 66.7 Å². The van der Waals surface area contributed by atoms with Crippen molar-refractivity contribution >= 4 is 10.8 Å². The maximum Gasteiger partial charge on any atom is 0.194 e. The zero-order valence-electron chi connectivity index (χ0n) is 20.7. The van der Waals surface area contributed by atoms with E-state index in [9.17, 15) is 13.2 Å². The minimum Gasteiger partial charge on any atom is -0.206 e. The van der Waals surface area contributed by atoms with Crippen LogP contribution in [-0.2, 0) is 32.1 Å². The Morgan fingerprint density at radius 2 is 1.11 bits per heavy atom. The molecule has 188 valence electrons. The van der Waals surface area contributed by atoms with Crippen LogP contribution in [0.4, 0.5) is 17.6 Å². The molecule has 4 aromatic rings. The molecule has 0 N–H and O–H groups in total. The van der Waals surface area contributed by atoms with Crippen LogP contribution in [0.5, 0.6) is 0 Å². The molecule has 0 spiro atoms. The first-order valence-corrected chi connectivity index (χ1v) is 12.9. The molecule has 0 fully saturated rings. The van der Waals surface area contributed by atoms with Gasteiger partial charge in [-0.25, -0.2) is 17.6 Å². The Bertz CT molecular complexity index is 1290. The average Bonchev–Trinajstić information content (AvgIpc) is 2.88. The summed E-state index contributed by atoms with van der Waals surface area (Å²) in [6.07, 6.45) is 8.49. The summed E-state index contributed by atoms with van der Waals surface area (Å²) < 4.78 is 55.2. The van der Waals surface area contributed by atoms with Crippen molar-refractivity contribution in [1.29, 1.82) is 0 Å². The van der Waals surface area contributed by atoms with Gasteiger partial charge in [0.15, 0.2) is 17.5 Å². The molecular formula is C32H32F4. The summed E-state index contributed by atoms with van der Waals surface area (Å²) in [7, 11) is 0. The van der Waals surface area contributed by atoms with Crippen molar-refractivity contribution in [2.24, 2.45) is 0 Å². The Balaban J connectivity index is 1.37. The number of hydrogen-bond acceptors (Lipinski definition) is 0. The molecule has 0 unspecified atom stereocenters. The summed E-state index contributed by atoms with van der Waals surface area (Å²) in [5.41, 5.74) is 4.60. The molecular weight excluding hydrogens is 460 g/mol. The standard InChI is InChI=1S/C32H32F4/c1-2-3-4-5-6-22-7-9-23(10-8-22)11-12-24-14-18-28-27(19-24)17-16-26(31(28)35)15-13-25-20-29(33)32(36)30(34)21-25/h7-10,14,16-21H,2-6,11-13,15H2,1H3. The van der Waals surface area contributed by atoms with E-state index >= 15 is 4.39 Å². The SMILES string of the molecule is CCCCCCc1ccc(CCc2ccc3c(F)c(CCc4cc(F)c(F)c(F)c4)ccc3c2)cc1. The molecule has 0 saturated heterocycles. The van der Waals surface area contributed by atoms with Crippen molar-refractivity contribution in [2.45, 2.75) is 64.7 Å². The minimum atomic E-state index is -1.48. The maximum atomic E-state index is 15.1. The first-order chi connectivity index (χ1) is 17.4. The van der Waals surface area contributed by atoms with Gasteiger partial charge in [-0.3, -0.25) is 0 Å². The van der Waals surface area contributed by atoms with Gasteiger partial charge in [0.25, 0.3) is 0 Å². The Kier molecular flexibility index (Phi) is 8.79. The fraction of sp³-hybridized carbons (Fsp3) is 0.312. The largest absolute Gasteiger partial charge is 0.206 e. The molecule has 0 aliphatic heterocycles. The third-order valence-electron chi connectivity index (χ3n) is 6.87. The maximum absolute atomic E-state index is 15.1. The highest BCUT2D eigenvalue weighted by Crippen LogP contribution is 2.25. The highest BCUT2D eigenvalue weighted by atomic mass is 19.2. The molecule has 0 atom stereocenters. The second-order valence-electron chi connectivity index (χ2n) is 9.59. The normalized spacial score (nSPS) is 11.4. The summed E-state index contributed by atoms with van der Waals surface area (Å²) in [6.45, 7) is 2.23. The van der Waals surface area contributed by atoms with E-state index in [0.717, 1.165) is 42.3 Å². The number of aryl methyl sites for hydroxylation is 5. The highest BCUT2D eigenvalue weighted by Gasteiger charge is 2.13. The summed E-state index contributed by atoms with van der Waals surface area (Å²) in [6, 6.07) is 20.2. The van der Waals surface area contributed by atoms with Crippen LogP contribution in [0.1, 0.15) is 60.4 Å². The topological polar surface area (TPSA) is 0 Å². The van der Waals surface area contributed by atoms with Gasteiger partial charge in [-0.2, -0.15) is 0 Å². The van der Waals surface area contributed by atoms with Gasteiger partial charge in [-0.1, -0.05) is 80.8 Å². The molecule has 0 radical (unpaired) electrons. The van der Waals surface area contributed by atoms with Gasteiger partial charge in [-0.15, -0.1) is 0 Å². The van der Waals surface area contributed by atoms with Crippen molar-refractivity contribution in [2.75, 3.05) is 0 Å². The van der Waals surface area contributed by atoms with Crippen LogP contribution in [0, 0.1) is 23.3 Å². The lowest BCUT2D eigenvalue weighted by atomic mass is 9.97. The van der Waals surface area contributed by atoms with Crippen molar-refractivity contribution < 1.29 is 17.6 Å². The number of halogens is 4. The first kappa shape index (κ1) is 25.9. The minimum absolute atomic E-state index is 0.214. The van der Waals surface area contributed by atoms with E-state index in [1.165, 1.54) is 36.8 Å². The smallest absolute Gasteiger partial charge is 0.194 e. The van der Waals surface area contributed by atoms with Crippen LogP contribution >= 0.6 is 0 Å². The van der Waals surface area contributed by atoms with Crippen LogP contribution in [0.3, 0.4) is 0 Å². The second kappa shape index (κ2) is 12.2. The third kappa shape index (κ3) is 6.54. The first-order valence-electron chi connectivity index (χ1n) is 12.9. The van der Waals surface area contributed by atoms with Gasteiger partial charge >= 0.3 is 0 Å². The second-order valence-corrected chi connectivity index (χ2v) is 9.59. The van der Waals surface area contributed by atoms with Gasteiger partial charge < -0.3 is 0 Å². The van der Waals surface area contributed by atoms with E-state index < -0.39 is 17.5 Å². The molecule has 0 aliphatic carbocycles. The van der Waals surface area contributed by atoms with Crippen LogP contribution in [0.25, 0.3) is 10.8 Å². The number of benzene rings is 4. The Morgan fingerprint density at radius 3 is 1.81 bits per heavy atom. The zero-order valence-corrected chi connectivity index (χ0v) is 20.7. The lowest BCUT2D eigenvalue weighted by Crippen LogP contribution is -1.99. The number of fused-ring (bicyclic) bond motifs is 1. The number of hydrogen-bond donors (Lipinski definition) is 0. The Labute approximate surface area is 211 Å². The number of rotatable bonds is 11. The lowest BCUT2D eigenvalue weighted by molar-refractivity contribution is 0.445. The monoisotopic (exact) mass is 492 g/mol. The van der Waals surface area contributed by atoms with Crippen LogP contribution < -0.4 is 0 Å². The molecule has 0 aromatic heterocycles. The molecule has 0 nitrogen and oxygen atoms in total. The van der Waals surface area contributed by atoms with E-state index in [4.69, 9.17) is 0 Å². The summed E-state index contributed by atoms with van der Waals surface area (Å²) in [4.78, 5) is 0. The third-order valence-corrected chi connectivity index (χ3v) is 6.87. The van der Waals surface area contributed by atoms with Gasteiger partial charge in [-0.05, 0) is 83.9 Å². The van der Waals surface area contributed by atoms with E-state index in [-0.39, 0.29) is 18.7 Å². The zero-order chi connectivity index (χ0) is 25.5. The Morgan fingerprint density at radius 1 is 0.500 bits per heavy atom. The molecule has 4 rings (SSSR count). The molecule has 36 heavy (non-hydrogen) atoms. The van der Waals surface area contributed by atoms with Crippen molar-refractivity contribution in [3.8, 4) is 0 Å². The van der Waals surface area contributed by atoms with E-state index in [1.807, 2.05) is 18.2 Å². The van der Waals surface area contributed by atoms with Gasteiger partial charge in [0.1, 0.15) is 5.82 Å². The lowest BCUT2D eigenvalue weighted by Gasteiger charge is -2.10.